The van der Waals surface area contributed by atoms with Crippen molar-refractivity contribution in [2.24, 2.45) is 0 Å². The molecule has 0 aliphatic carbocycles. The van der Waals surface area contributed by atoms with Gasteiger partial charge in [-0.3, -0.25) is 15.2 Å². The lowest BCUT2D eigenvalue weighted by atomic mass is 10.3. The number of hydrogen-bond acceptors (Lipinski definition) is 5. The van der Waals surface area contributed by atoms with Gasteiger partial charge in [0.2, 0.25) is 5.91 Å². The lowest BCUT2D eigenvalue weighted by Gasteiger charge is -2.06. The predicted molar refractivity (Wildman–Crippen MR) is 70.7 cm³/mol. The largest absolute Gasteiger partial charge is 0.325 e. The first-order valence-corrected chi connectivity index (χ1v) is 6.47. The molecule has 0 unspecified atom stereocenters. The van der Waals surface area contributed by atoms with E-state index in [2.05, 4.69) is 25.8 Å². The summed E-state index contributed by atoms with van der Waals surface area (Å²) in [4.78, 5) is 26.8. The van der Waals surface area contributed by atoms with Gasteiger partial charge < -0.3 is 5.32 Å². The molecule has 3 amide bonds. The minimum absolute atomic E-state index is 0.000637. The number of carbonyl (C=O) groups excluding carboxylic acids is 2. The minimum Gasteiger partial charge on any atom is -0.305 e. The van der Waals surface area contributed by atoms with Gasteiger partial charge in [-0.25, -0.2) is 14.2 Å². The highest BCUT2D eigenvalue weighted by molar-refractivity contribution is 7.99. The van der Waals surface area contributed by atoms with Crippen molar-refractivity contribution in [2.45, 2.75) is 5.16 Å². The summed E-state index contributed by atoms with van der Waals surface area (Å²) in [6.07, 6.45) is 1.31. The van der Waals surface area contributed by atoms with Crippen LogP contribution in [0.3, 0.4) is 0 Å². The fourth-order valence-electron chi connectivity index (χ4n) is 1.28. The highest BCUT2D eigenvalue weighted by atomic mass is 32.2. The summed E-state index contributed by atoms with van der Waals surface area (Å²) in [5.41, 5.74) is 0.000637. The molecule has 3 N–H and O–H groups in total. The third-order valence-electron chi connectivity index (χ3n) is 2.11. The number of carbonyl (C=O) groups is 2. The number of aromatic nitrogens is 3. The number of nitrogens with one attached hydrogen (secondary N) is 3. The van der Waals surface area contributed by atoms with Crippen molar-refractivity contribution in [1.82, 2.24) is 20.5 Å². The molecule has 0 spiro atoms. The van der Waals surface area contributed by atoms with E-state index in [4.69, 9.17) is 0 Å². The predicted octanol–water partition coefficient (Wildman–Crippen LogP) is 1.38. The number of imide groups is 1. The average molecular weight is 295 g/mol. The molecular formula is C11H10FN5O2S. The lowest BCUT2D eigenvalue weighted by molar-refractivity contribution is -0.117. The van der Waals surface area contributed by atoms with Gasteiger partial charge in [0, 0.05) is 0 Å². The summed E-state index contributed by atoms with van der Waals surface area (Å²) in [6.45, 7) is 0. The van der Waals surface area contributed by atoms with Gasteiger partial charge in [0.1, 0.15) is 12.1 Å². The summed E-state index contributed by atoms with van der Waals surface area (Å²) < 4.78 is 13.3. The number of rotatable bonds is 4. The Morgan fingerprint density at radius 1 is 1.35 bits per heavy atom. The number of aromatic amines is 1. The number of urea groups is 1. The first-order chi connectivity index (χ1) is 9.65. The number of halogens is 1. The molecule has 0 atom stereocenters. The number of H-pyrrole nitrogens is 1. The molecule has 0 aliphatic rings. The van der Waals surface area contributed by atoms with Crippen molar-refractivity contribution in [3.05, 3.63) is 36.4 Å². The average Bonchev–Trinajstić information content (AvgIpc) is 2.92. The van der Waals surface area contributed by atoms with E-state index < -0.39 is 17.8 Å². The maximum Gasteiger partial charge on any atom is 0.325 e. The van der Waals surface area contributed by atoms with Crippen LogP contribution in [0.1, 0.15) is 0 Å². The van der Waals surface area contributed by atoms with Crippen molar-refractivity contribution >= 4 is 29.4 Å². The Kier molecular flexibility index (Phi) is 4.66. The molecule has 0 radical (unpaired) electrons. The number of amides is 3. The van der Waals surface area contributed by atoms with Crippen LogP contribution in [-0.4, -0.2) is 32.9 Å². The zero-order chi connectivity index (χ0) is 14.4. The monoisotopic (exact) mass is 295 g/mol. The Morgan fingerprint density at radius 3 is 2.85 bits per heavy atom. The van der Waals surface area contributed by atoms with Crippen LogP contribution in [0.4, 0.5) is 14.9 Å². The molecule has 9 heteroatoms. The molecule has 2 rings (SSSR count). The molecule has 1 aromatic heterocycles. The first kappa shape index (κ1) is 14.0. The van der Waals surface area contributed by atoms with E-state index in [0.717, 1.165) is 11.8 Å². The first-order valence-electron chi connectivity index (χ1n) is 5.48. The van der Waals surface area contributed by atoms with E-state index in [1.165, 1.54) is 24.5 Å². The molecule has 7 nitrogen and oxygen atoms in total. The molecule has 0 aliphatic heterocycles. The molecule has 0 saturated carbocycles. The van der Waals surface area contributed by atoms with Gasteiger partial charge in [0.15, 0.2) is 5.16 Å². The zero-order valence-corrected chi connectivity index (χ0v) is 10.9. The summed E-state index contributed by atoms with van der Waals surface area (Å²) in [6, 6.07) is 4.87. The van der Waals surface area contributed by atoms with E-state index in [-0.39, 0.29) is 11.4 Å². The van der Waals surface area contributed by atoms with Gasteiger partial charge in [0.05, 0.1) is 11.4 Å². The van der Waals surface area contributed by atoms with E-state index in [9.17, 15) is 14.0 Å². The second-order valence-electron chi connectivity index (χ2n) is 3.56. The van der Waals surface area contributed by atoms with Crippen molar-refractivity contribution in [1.29, 1.82) is 0 Å². The number of hydrogen-bond donors (Lipinski definition) is 3. The number of anilines is 1. The number of para-hydroxylation sites is 1. The zero-order valence-electron chi connectivity index (χ0n) is 10.1. The molecule has 1 aromatic carbocycles. The van der Waals surface area contributed by atoms with Crippen molar-refractivity contribution in [2.75, 3.05) is 11.1 Å². The molecule has 0 bridgehead atoms. The fourth-order valence-corrected chi connectivity index (χ4v) is 1.86. The Labute approximate surface area is 117 Å². The summed E-state index contributed by atoms with van der Waals surface area (Å²) >= 11 is 1.09. The van der Waals surface area contributed by atoms with Crippen molar-refractivity contribution in [3.63, 3.8) is 0 Å². The van der Waals surface area contributed by atoms with Crippen LogP contribution < -0.4 is 10.6 Å². The number of nitrogens with zero attached hydrogens (tertiary/aromatic N) is 2. The third-order valence-corrected chi connectivity index (χ3v) is 2.98. The maximum absolute atomic E-state index is 13.3. The Bertz CT molecular complexity index is 605. The van der Waals surface area contributed by atoms with Crippen LogP contribution in [0.25, 0.3) is 0 Å². The molecule has 104 valence electrons. The van der Waals surface area contributed by atoms with Crippen LogP contribution in [0.5, 0.6) is 0 Å². The SMILES string of the molecule is O=C(CSc1ncn[nH]1)NC(=O)Nc1ccccc1F. The van der Waals surface area contributed by atoms with Gasteiger partial charge in [-0.1, -0.05) is 23.9 Å². The lowest BCUT2D eigenvalue weighted by Crippen LogP contribution is -2.35. The van der Waals surface area contributed by atoms with E-state index >= 15 is 0 Å². The molecule has 20 heavy (non-hydrogen) atoms. The second-order valence-corrected chi connectivity index (χ2v) is 4.53. The summed E-state index contributed by atoms with van der Waals surface area (Å²) in [5, 5.41) is 11.0. The maximum atomic E-state index is 13.3. The third kappa shape index (κ3) is 4.05. The van der Waals surface area contributed by atoms with Gasteiger partial charge in [-0.05, 0) is 12.1 Å². The quantitative estimate of drug-likeness (QED) is 0.740. The molecular weight excluding hydrogens is 285 g/mol. The van der Waals surface area contributed by atoms with Crippen LogP contribution in [-0.2, 0) is 4.79 Å². The van der Waals surface area contributed by atoms with E-state index in [0.29, 0.717) is 5.16 Å². The van der Waals surface area contributed by atoms with Gasteiger partial charge in [0.25, 0.3) is 0 Å². The van der Waals surface area contributed by atoms with Gasteiger partial charge >= 0.3 is 6.03 Å². The number of thioether (sulfide) groups is 1. The minimum atomic E-state index is -0.793. The molecule has 0 saturated heterocycles. The standard InChI is InChI=1S/C11H10FN5O2S/c12-7-3-1-2-4-8(7)15-10(19)16-9(18)5-20-11-13-6-14-17-11/h1-4,6H,5H2,(H,13,14,17)(H2,15,16,18,19). The van der Waals surface area contributed by atoms with E-state index in [1.807, 2.05) is 0 Å². The Hall–Kier alpha value is -2.42. The van der Waals surface area contributed by atoms with Crippen LogP contribution in [0.15, 0.2) is 35.7 Å². The smallest absolute Gasteiger partial charge is 0.305 e. The summed E-state index contributed by atoms with van der Waals surface area (Å²) in [5.74, 6) is -1.12. The second kappa shape index (κ2) is 6.66. The highest BCUT2D eigenvalue weighted by Crippen LogP contribution is 2.12. The summed E-state index contributed by atoms with van der Waals surface area (Å²) in [7, 11) is 0. The van der Waals surface area contributed by atoms with Gasteiger partial charge in [-0.15, -0.1) is 0 Å². The van der Waals surface area contributed by atoms with Crippen molar-refractivity contribution in [3.8, 4) is 0 Å². The van der Waals surface area contributed by atoms with E-state index in [1.54, 1.807) is 6.07 Å². The molecule has 0 fully saturated rings. The fraction of sp³-hybridized carbons (Fsp3) is 0.0909. The Balaban J connectivity index is 1.79. The Morgan fingerprint density at radius 2 is 2.15 bits per heavy atom. The number of benzene rings is 1. The topological polar surface area (TPSA) is 99.8 Å². The van der Waals surface area contributed by atoms with Crippen LogP contribution >= 0.6 is 11.8 Å². The molecule has 2 aromatic rings. The molecule has 1 heterocycles. The van der Waals surface area contributed by atoms with Crippen molar-refractivity contribution < 1.29 is 14.0 Å². The normalized spacial score (nSPS) is 10.1. The van der Waals surface area contributed by atoms with Crippen LogP contribution in [0, 0.1) is 5.82 Å². The van der Waals surface area contributed by atoms with Crippen LogP contribution in [0.2, 0.25) is 0 Å². The highest BCUT2D eigenvalue weighted by Gasteiger charge is 2.11. The van der Waals surface area contributed by atoms with Gasteiger partial charge in [-0.2, -0.15) is 5.10 Å².